The minimum Gasteiger partial charge on any atom is -0.481 e. The Bertz CT molecular complexity index is 469. The van der Waals surface area contributed by atoms with Gasteiger partial charge in [0.25, 0.3) is 0 Å². The van der Waals surface area contributed by atoms with Crippen molar-refractivity contribution in [3.63, 3.8) is 0 Å². The summed E-state index contributed by atoms with van der Waals surface area (Å²) in [5.41, 5.74) is 2.23. The fourth-order valence-corrected chi connectivity index (χ4v) is 1.98. The maximum absolute atomic E-state index is 12.2. The second-order valence-corrected chi connectivity index (χ2v) is 5.43. The lowest BCUT2D eigenvalue weighted by Crippen LogP contribution is -2.44. The summed E-state index contributed by atoms with van der Waals surface area (Å²) in [6.45, 7) is 6.79. The molecule has 116 valence electrons. The third-order valence-electron chi connectivity index (χ3n) is 3.24. The maximum atomic E-state index is 12.2. The highest BCUT2D eigenvalue weighted by Crippen LogP contribution is 2.05. The van der Waals surface area contributed by atoms with Crippen molar-refractivity contribution in [1.82, 2.24) is 10.2 Å². The number of carbonyl (C=O) groups is 2. The van der Waals surface area contributed by atoms with Crippen molar-refractivity contribution in [3.05, 3.63) is 35.4 Å². The lowest BCUT2D eigenvalue weighted by atomic mass is 10.1. The van der Waals surface area contributed by atoms with Crippen LogP contribution in [0, 0.1) is 6.92 Å². The van der Waals surface area contributed by atoms with Crippen LogP contribution in [0.5, 0.6) is 0 Å². The molecule has 0 radical (unpaired) electrons. The van der Waals surface area contributed by atoms with Crippen LogP contribution in [0.15, 0.2) is 24.3 Å². The Morgan fingerprint density at radius 1 is 1.24 bits per heavy atom. The highest BCUT2D eigenvalue weighted by Gasteiger charge is 2.16. The van der Waals surface area contributed by atoms with Gasteiger partial charge in [-0.25, -0.2) is 4.79 Å². The molecule has 1 aromatic rings. The largest absolute Gasteiger partial charge is 0.481 e. The smallest absolute Gasteiger partial charge is 0.317 e. The van der Waals surface area contributed by atoms with E-state index < -0.39 is 5.97 Å². The van der Waals surface area contributed by atoms with Gasteiger partial charge in [-0.3, -0.25) is 4.79 Å². The summed E-state index contributed by atoms with van der Waals surface area (Å²) in [7, 11) is 0. The molecule has 0 saturated carbocycles. The molecule has 0 aromatic heterocycles. The van der Waals surface area contributed by atoms with E-state index in [0.717, 1.165) is 5.56 Å². The standard InChI is InChI=1S/C16H24N2O3/c1-12(2)18(10-4-5-15(19)20)16(21)17-11-14-8-6-13(3)7-9-14/h6-9,12H,4-5,10-11H2,1-3H3,(H,17,21)(H,19,20). The SMILES string of the molecule is Cc1ccc(CNC(=O)N(CCCC(=O)O)C(C)C)cc1. The van der Waals surface area contributed by atoms with Crippen molar-refractivity contribution < 1.29 is 14.7 Å². The molecule has 2 N–H and O–H groups in total. The van der Waals surface area contributed by atoms with Crippen molar-refractivity contribution in [1.29, 1.82) is 0 Å². The summed E-state index contributed by atoms with van der Waals surface area (Å²) in [5, 5.41) is 11.5. The van der Waals surface area contributed by atoms with Gasteiger partial charge >= 0.3 is 12.0 Å². The fourth-order valence-electron chi connectivity index (χ4n) is 1.98. The van der Waals surface area contributed by atoms with E-state index >= 15 is 0 Å². The van der Waals surface area contributed by atoms with Crippen LogP contribution in [-0.2, 0) is 11.3 Å². The van der Waals surface area contributed by atoms with Crippen LogP contribution >= 0.6 is 0 Å². The molecule has 0 spiro atoms. The molecule has 0 aliphatic heterocycles. The molecule has 0 aliphatic rings. The molecule has 5 heteroatoms. The van der Waals surface area contributed by atoms with Gasteiger partial charge in [-0.15, -0.1) is 0 Å². The highest BCUT2D eigenvalue weighted by molar-refractivity contribution is 5.74. The van der Waals surface area contributed by atoms with Gasteiger partial charge in [-0.05, 0) is 32.8 Å². The highest BCUT2D eigenvalue weighted by atomic mass is 16.4. The zero-order chi connectivity index (χ0) is 15.8. The predicted octanol–water partition coefficient (Wildman–Crippen LogP) is 2.78. The van der Waals surface area contributed by atoms with E-state index in [-0.39, 0.29) is 18.5 Å². The summed E-state index contributed by atoms with van der Waals surface area (Å²) < 4.78 is 0. The van der Waals surface area contributed by atoms with Crippen molar-refractivity contribution >= 4 is 12.0 Å². The molecule has 0 atom stereocenters. The number of nitrogens with zero attached hydrogens (tertiary/aromatic N) is 1. The number of nitrogens with one attached hydrogen (secondary N) is 1. The van der Waals surface area contributed by atoms with E-state index in [1.165, 1.54) is 5.56 Å². The molecule has 0 bridgehead atoms. The van der Waals surface area contributed by atoms with Gasteiger partial charge < -0.3 is 15.3 Å². The Labute approximate surface area is 126 Å². The Kier molecular flexibility index (Phi) is 6.72. The van der Waals surface area contributed by atoms with Crippen LogP contribution in [0.3, 0.4) is 0 Å². The average Bonchev–Trinajstić information content (AvgIpc) is 2.42. The quantitative estimate of drug-likeness (QED) is 0.812. The number of aliphatic carboxylic acids is 1. The van der Waals surface area contributed by atoms with Crippen LogP contribution in [-0.4, -0.2) is 34.6 Å². The van der Waals surface area contributed by atoms with Gasteiger partial charge in [0.1, 0.15) is 0 Å². The second kappa shape index (κ2) is 8.29. The Hall–Kier alpha value is -2.04. The maximum Gasteiger partial charge on any atom is 0.317 e. The minimum absolute atomic E-state index is 0.0387. The molecular formula is C16H24N2O3. The molecule has 2 amide bonds. The fraction of sp³-hybridized carbons (Fsp3) is 0.500. The molecule has 0 unspecified atom stereocenters. The van der Waals surface area contributed by atoms with Crippen molar-refractivity contribution in [2.24, 2.45) is 0 Å². The van der Waals surface area contributed by atoms with E-state index in [1.807, 2.05) is 45.0 Å². The van der Waals surface area contributed by atoms with Gasteiger partial charge in [-0.1, -0.05) is 29.8 Å². The number of amides is 2. The summed E-state index contributed by atoms with van der Waals surface area (Å²) in [6.07, 6.45) is 0.542. The lowest BCUT2D eigenvalue weighted by Gasteiger charge is -2.26. The first-order valence-corrected chi connectivity index (χ1v) is 7.22. The summed E-state index contributed by atoms with van der Waals surface area (Å²) in [6, 6.07) is 7.87. The Morgan fingerprint density at radius 3 is 2.38 bits per heavy atom. The Balaban J connectivity index is 2.48. The van der Waals surface area contributed by atoms with Crippen LogP contribution in [0.4, 0.5) is 4.79 Å². The lowest BCUT2D eigenvalue weighted by molar-refractivity contribution is -0.137. The van der Waals surface area contributed by atoms with Gasteiger partial charge in [0.15, 0.2) is 0 Å². The van der Waals surface area contributed by atoms with E-state index in [2.05, 4.69) is 5.32 Å². The molecule has 0 saturated heterocycles. The average molecular weight is 292 g/mol. The van der Waals surface area contributed by atoms with Crippen LogP contribution in [0.2, 0.25) is 0 Å². The number of carboxylic acid groups (broad SMARTS) is 1. The predicted molar refractivity (Wildman–Crippen MR) is 82.1 cm³/mol. The summed E-state index contributed by atoms with van der Waals surface area (Å²) >= 11 is 0. The van der Waals surface area contributed by atoms with Crippen molar-refractivity contribution in [2.75, 3.05) is 6.54 Å². The topological polar surface area (TPSA) is 69.6 Å². The number of carboxylic acids is 1. The molecule has 0 fully saturated rings. The van der Waals surface area contributed by atoms with E-state index in [1.54, 1.807) is 4.90 Å². The summed E-state index contributed by atoms with van der Waals surface area (Å²) in [5.74, 6) is -0.834. The third-order valence-corrected chi connectivity index (χ3v) is 3.24. The van der Waals surface area contributed by atoms with Crippen molar-refractivity contribution in [3.8, 4) is 0 Å². The molecule has 0 heterocycles. The number of rotatable bonds is 7. The first-order valence-electron chi connectivity index (χ1n) is 7.22. The van der Waals surface area contributed by atoms with Gasteiger partial charge in [0.05, 0.1) is 0 Å². The van der Waals surface area contributed by atoms with Gasteiger partial charge in [0.2, 0.25) is 0 Å². The second-order valence-electron chi connectivity index (χ2n) is 5.43. The number of urea groups is 1. The monoisotopic (exact) mass is 292 g/mol. The normalized spacial score (nSPS) is 10.5. The zero-order valence-electron chi connectivity index (χ0n) is 12.9. The molecule has 5 nitrogen and oxygen atoms in total. The van der Waals surface area contributed by atoms with Crippen molar-refractivity contribution in [2.45, 2.75) is 46.2 Å². The van der Waals surface area contributed by atoms with E-state index in [4.69, 9.17) is 5.11 Å². The summed E-state index contributed by atoms with van der Waals surface area (Å²) in [4.78, 5) is 24.4. The van der Waals surface area contributed by atoms with Crippen LogP contribution in [0.1, 0.15) is 37.8 Å². The number of benzene rings is 1. The number of aryl methyl sites for hydroxylation is 1. The molecular weight excluding hydrogens is 268 g/mol. The van der Waals surface area contributed by atoms with Crippen LogP contribution in [0.25, 0.3) is 0 Å². The number of carbonyl (C=O) groups excluding carboxylic acids is 1. The molecule has 21 heavy (non-hydrogen) atoms. The molecule has 1 rings (SSSR count). The molecule has 0 aliphatic carbocycles. The van der Waals surface area contributed by atoms with E-state index in [0.29, 0.717) is 19.5 Å². The minimum atomic E-state index is -0.834. The van der Waals surface area contributed by atoms with Gasteiger partial charge in [0, 0.05) is 25.6 Å². The van der Waals surface area contributed by atoms with Gasteiger partial charge in [-0.2, -0.15) is 0 Å². The molecule has 1 aromatic carbocycles. The number of hydrogen-bond donors (Lipinski definition) is 2. The Morgan fingerprint density at radius 2 is 1.86 bits per heavy atom. The number of hydrogen-bond acceptors (Lipinski definition) is 2. The van der Waals surface area contributed by atoms with Crippen LogP contribution < -0.4 is 5.32 Å². The first-order chi connectivity index (χ1) is 9.90. The first kappa shape index (κ1) is 17.0. The zero-order valence-corrected chi connectivity index (χ0v) is 12.9. The van der Waals surface area contributed by atoms with E-state index in [9.17, 15) is 9.59 Å². The third kappa shape index (κ3) is 6.29.